The number of amides is 1. The third kappa shape index (κ3) is 4.83. The third-order valence-electron chi connectivity index (χ3n) is 4.48. The summed E-state index contributed by atoms with van der Waals surface area (Å²) in [5.41, 5.74) is 2.22. The lowest BCUT2D eigenvalue weighted by molar-refractivity contribution is -0.120. The zero-order valence-electron chi connectivity index (χ0n) is 16.7. The number of nitrogens with zero attached hydrogens (tertiary/aromatic N) is 3. The van der Waals surface area contributed by atoms with Crippen molar-refractivity contribution in [3.05, 3.63) is 58.5 Å². The highest BCUT2D eigenvalue weighted by Crippen LogP contribution is 2.35. The van der Waals surface area contributed by atoms with Gasteiger partial charge >= 0.3 is 0 Å². The number of carbonyl (C=O) groups is 1. The van der Waals surface area contributed by atoms with Gasteiger partial charge in [-0.25, -0.2) is 0 Å². The molecule has 1 aromatic carbocycles. The van der Waals surface area contributed by atoms with Crippen LogP contribution in [-0.2, 0) is 11.2 Å². The van der Waals surface area contributed by atoms with E-state index in [0.29, 0.717) is 5.75 Å². The molecule has 2 aromatic heterocycles. The van der Waals surface area contributed by atoms with Crippen LogP contribution in [0.25, 0.3) is 5.69 Å². The highest BCUT2D eigenvalue weighted by molar-refractivity contribution is 7.99. The van der Waals surface area contributed by atoms with Crippen LogP contribution >= 0.6 is 23.1 Å². The fourth-order valence-electron chi connectivity index (χ4n) is 3.04. The van der Waals surface area contributed by atoms with E-state index in [1.165, 1.54) is 22.2 Å². The van der Waals surface area contributed by atoms with Crippen molar-refractivity contribution in [3.8, 4) is 5.69 Å². The largest absolute Gasteiger partial charge is 0.347 e. The summed E-state index contributed by atoms with van der Waals surface area (Å²) >= 11 is 3.08. The van der Waals surface area contributed by atoms with Crippen molar-refractivity contribution in [3.63, 3.8) is 0 Å². The molecule has 1 unspecified atom stereocenters. The number of aryl methyl sites for hydroxylation is 1. The van der Waals surface area contributed by atoms with Crippen LogP contribution < -0.4 is 5.32 Å². The topological polar surface area (TPSA) is 59.8 Å². The van der Waals surface area contributed by atoms with Gasteiger partial charge in [0.2, 0.25) is 5.91 Å². The lowest BCUT2D eigenvalue weighted by atomic mass is 9.86. The fourth-order valence-corrected chi connectivity index (χ4v) is 4.79. The van der Waals surface area contributed by atoms with E-state index in [1.54, 1.807) is 17.7 Å². The minimum atomic E-state index is -0.0642. The Morgan fingerprint density at radius 2 is 2.04 bits per heavy atom. The molecule has 3 rings (SSSR count). The minimum Gasteiger partial charge on any atom is -0.347 e. The lowest BCUT2D eigenvalue weighted by Gasteiger charge is -2.30. The van der Waals surface area contributed by atoms with Gasteiger partial charge in [-0.05, 0) is 34.9 Å². The van der Waals surface area contributed by atoms with E-state index < -0.39 is 0 Å². The summed E-state index contributed by atoms with van der Waals surface area (Å²) in [4.78, 5) is 13.8. The van der Waals surface area contributed by atoms with Crippen LogP contribution in [0.2, 0.25) is 0 Å². The van der Waals surface area contributed by atoms with Crippen molar-refractivity contribution in [1.29, 1.82) is 0 Å². The summed E-state index contributed by atoms with van der Waals surface area (Å²) in [6, 6.07) is 12.3. The highest BCUT2D eigenvalue weighted by atomic mass is 32.2. The second kappa shape index (κ2) is 8.92. The Hall–Kier alpha value is -2.12. The van der Waals surface area contributed by atoms with Crippen LogP contribution in [0.1, 0.15) is 44.2 Å². The third-order valence-corrected chi connectivity index (χ3v) is 6.36. The number of benzene rings is 1. The van der Waals surface area contributed by atoms with Gasteiger partial charge in [0.05, 0.1) is 17.5 Å². The molecule has 0 aliphatic heterocycles. The SMILES string of the molecule is CCc1ccccc1-n1cnnc1SCC(=O)NC(c1cccs1)C(C)(C)C. The second-order valence-electron chi connectivity index (χ2n) is 7.64. The maximum atomic E-state index is 12.7. The van der Waals surface area contributed by atoms with Crippen LogP contribution in [0.15, 0.2) is 53.3 Å². The van der Waals surface area contributed by atoms with E-state index in [9.17, 15) is 4.79 Å². The van der Waals surface area contributed by atoms with Crippen LogP contribution in [0.3, 0.4) is 0 Å². The number of thioether (sulfide) groups is 1. The average molecular weight is 415 g/mol. The number of nitrogens with one attached hydrogen (secondary N) is 1. The first kappa shape index (κ1) is 20.6. The molecule has 0 spiro atoms. The molecule has 148 valence electrons. The molecule has 7 heteroatoms. The predicted octanol–water partition coefficient (Wildman–Crippen LogP) is 4.89. The van der Waals surface area contributed by atoms with E-state index in [4.69, 9.17) is 0 Å². The Morgan fingerprint density at radius 3 is 2.71 bits per heavy atom. The van der Waals surface area contributed by atoms with Gasteiger partial charge in [-0.3, -0.25) is 9.36 Å². The quantitative estimate of drug-likeness (QED) is 0.559. The first-order valence-electron chi connectivity index (χ1n) is 9.34. The van der Waals surface area contributed by atoms with Gasteiger partial charge in [-0.15, -0.1) is 21.5 Å². The predicted molar refractivity (Wildman–Crippen MR) is 116 cm³/mol. The van der Waals surface area contributed by atoms with Gasteiger partial charge in [0, 0.05) is 4.88 Å². The number of carbonyl (C=O) groups excluding carboxylic acids is 1. The minimum absolute atomic E-state index is 0.00310. The molecule has 0 aliphatic carbocycles. The molecule has 0 radical (unpaired) electrons. The summed E-state index contributed by atoms with van der Waals surface area (Å²) in [6.07, 6.45) is 2.63. The van der Waals surface area contributed by atoms with Crippen molar-refractivity contribution >= 4 is 29.0 Å². The van der Waals surface area contributed by atoms with Gasteiger partial charge < -0.3 is 5.32 Å². The lowest BCUT2D eigenvalue weighted by Crippen LogP contribution is -2.37. The number of thiophene rings is 1. The van der Waals surface area contributed by atoms with Crippen molar-refractivity contribution < 1.29 is 4.79 Å². The molecule has 28 heavy (non-hydrogen) atoms. The fraction of sp³-hybridized carbons (Fsp3) is 0.381. The summed E-state index contributed by atoms with van der Waals surface area (Å²) < 4.78 is 1.96. The van der Waals surface area contributed by atoms with Crippen LogP contribution in [0.4, 0.5) is 0 Å². The van der Waals surface area contributed by atoms with Crippen LogP contribution in [0.5, 0.6) is 0 Å². The number of rotatable bonds is 7. The van der Waals surface area contributed by atoms with E-state index in [-0.39, 0.29) is 17.4 Å². The monoisotopic (exact) mass is 414 g/mol. The summed E-state index contributed by atoms with van der Waals surface area (Å²) in [7, 11) is 0. The van der Waals surface area contributed by atoms with Gasteiger partial charge in [-0.2, -0.15) is 0 Å². The smallest absolute Gasteiger partial charge is 0.231 e. The molecule has 0 fully saturated rings. The average Bonchev–Trinajstić information content (AvgIpc) is 3.35. The molecule has 2 heterocycles. The van der Waals surface area contributed by atoms with Gasteiger partial charge in [0.25, 0.3) is 0 Å². The standard InChI is InChI=1S/C21H26N4OS2/c1-5-15-9-6-7-10-16(15)25-14-22-24-20(25)28-13-18(26)23-19(21(2,3)4)17-11-8-12-27-17/h6-12,14,19H,5,13H2,1-4H3,(H,23,26). The number of hydrogen-bond donors (Lipinski definition) is 1. The van der Waals surface area contributed by atoms with E-state index in [2.05, 4.69) is 61.4 Å². The Bertz CT molecular complexity index is 913. The van der Waals surface area contributed by atoms with Crippen molar-refractivity contribution in [1.82, 2.24) is 20.1 Å². The maximum Gasteiger partial charge on any atom is 0.231 e. The molecule has 0 saturated heterocycles. The zero-order chi connectivity index (χ0) is 20.1. The highest BCUT2D eigenvalue weighted by Gasteiger charge is 2.28. The normalized spacial score (nSPS) is 12.7. The number of aromatic nitrogens is 3. The summed E-state index contributed by atoms with van der Waals surface area (Å²) in [5.74, 6) is 0.293. The first-order chi connectivity index (χ1) is 13.4. The molecule has 1 amide bonds. The Labute approximate surface area is 174 Å². The van der Waals surface area contributed by atoms with Crippen LogP contribution in [0, 0.1) is 5.41 Å². The molecular formula is C21H26N4OS2. The number of para-hydroxylation sites is 1. The summed E-state index contributed by atoms with van der Waals surface area (Å²) in [6.45, 7) is 8.55. The van der Waals surface area contributed by atoms with E-state index in [0.717, 1.165) is 17.3 Å². The van der Waals surface area contributed by atoms with Gasteiger partial charge in [0.1, 0.15) is 6.33 Å². The van der Waals surface area contributed by atoms with Crippen LogP contribution in [-0.4, -0.2) is 26.4 Å². The molecule has 0 saturated carbocycles. The molecule has 3 aromatic rings. The first-order valence-corrected chi connectivity index (χ1v) is 11.2. The molecule has 5 nitrogen and oxygen atoms in total. The van der Waals surface area contributed by atoms with Crippen molar-refractivity contribution in [2.24, 2.45) is 5.41 Å². The van der Waals surface area contributed by atoms with Gasteiger partial charge in [-0.1, -0.05) is 63.7 Å². The molecule has 1 atom stereocenters. The maximum absolute atomic E-state index is 12.7. The Kier molecular flexibility index (Phi) is 6.57. The van der Waals surface area contributed by atoms with Crippen molar-refractivity contribution in [2.75, 3.05) is 5.75 Å². The molecule has 1 N–H and O–H groups in total. The molecular weight excluding hydrogens is 388 g/mol. The van der Waals surface area contributed by atoms with E-state index >= 15 is 0 Å². The van der Waals surface area contributed by atoms with Crippen molar-refractivity contribution in [2.45, 2.75) is 45.3 Å². The Balaban J connectivity index is 1.70. The number of hydrogen-bond acceptors (Lipinski definition) is 5. The Morgan fingerprint density at radius 1 is 1.25 bits per heavy atom. The molecule has 0 bridgehead atoms. The van der Waals surface area contributed by atoms with E-state index in [1.807, 2.05) is 28.1 Å². The van der Waals surface area contributed by atoms with Gasteiger partial charge in [0.15, 0.2) is 5.16 Å². The molecule has 0 aliphatic rings. The zero-order valence-corrected chi connectivity index (χ0v) is 18.3. The summed E-state index contributed by atoms with van der Waals surface area (Å²) in [5, 5.41) is 14.2. The second-order valence-corrected chi connectivity index (χ2v) is 9.56.